The molecule has 0 spiro atoms. The number of hydrogen-bond donors (Lipinski definition) is 4. The number of carbonyl (C=O) groups is 3. The Labute approximate surface area is 237 Å². The Bertz CT molecular complexity index is 1290. The number of benzene rings is 3. The molecule has 0 aliphatic heterocycles. The molecule has 4 rings (SSSR count). The predicted octanol–water partition coefficient (Wildman–Crippen LogP) is 7.16. The molecule has 3 aromatic carbocycles. The molecule has 1 aliphatic carbocycles. The van der Waals surface area contributed by atoms with Gasteiger partial charge in [0.2, 0.25) is 0 Å². The molecule has 1 unspecified atom stereocenters. The molecule has 1 fully saturated rings. The van der Waals surface area contributed by atoms with Crippen molar-refractivity contribution >= 4 is 46.8 Å². The summed E-state index contributed by atoms with van der Waals surface area (Å²) in [5.74, 6) is -0.777. The highest BCUT2D eigenvalue weighted by Crippen LogP contribution is 2.34. The van der Waals surface area contributed by atoms with Gasteiger partial charge in [-0.1, -0.05) is 78.9 Å². The molecule has 204 valence electrons. The van der Waals surface area contributed by atoms with E-state index < -0.39 is 18.0 Å². The van der Waals surface area contributed by atoms with Crippen molar-refractivity contribution in [3.63, 3.8) is 0 Å². The largest absolute Gasteiger partial charge is 0.481 e. The van der Waals surface area contributed by atoms with Gasteiger partial charge in [0.1, 0.15) is 0 Å². The van der Waals surface area contributed by atoms with Crippen LogP contribution in [0.3, 0.4) is 0 Å². The Kier molecular flexibility index (Phi) is 9.85. The summed E-state index contributed by atoms with van der Waals surface area (Å²) in [7, 11) is 0. The molecule has 4 N–H and O–H groups in total. The molecule has 0 aromatic heterocycles. The van der Waals surface area contributed by atoms with Gasteiger partial charge in [0.05, 0.1) is 12.5 Å². The highest BCUT2D eigenvalue weighted by atomic mass is 35.5. The zero-order chi connectivity index (χ0) is 27.8. The van der Waals surface area contributed by atoms with Crippen LogP contribution < -0.4 is 16.0 Å². The number of hydrogen-bond acceptors (Lipinski definition) is 3. The van der Waals surface area contributed by atoms with E-state index in [4.69, 9.17) is 28.3 Å². The molecule has 39 heavy (non-hydrogen) atoms. The molecular formula is C30H31Cl2N3O4. The van der Waals surface area contributed by atoms with E-state index in [1.54, 1.807) is 42.5 Å². The second kappa shape index (κ2) is 13.5. The summed E-state index contributed by atoms with van der Waals surface area (Å²) in [5, 5.41) is 18.0. The summed E-state index contributed by atoms with van der Waals surface area (Å²) in [6.07, 6.45) is 6.03. The number of carboxylic acids is 1. The predicted molar refractivity (Wildman–Crippen MR) is 154 cm³/mol. The maximum absolute atomic E-state index is 13.0. The highest BCUT2D eigenvalue weighted by molar-refractivity contribution is 6.35. The average Bonchev–Trinajstić information content (AvgIpc) is 2.91. The van der Waals surface area contributed by atoms with Crippen molar-refractivity contribution in [2.45, 2.75) is 50.5 Å². The Morgan fingerprint density at radius 2 is 1.44 bits per heavy atom. The summed E-state index contributed by atoms with van der Waals surface area (Å²) in [5.41, 5.74) is 3.84. The Balaban J connectivity index is 1.54. The fourth-order valence-corrected chi connectivity index (χ4v) is 5.42. The topological polar surface area (TPSA) is 108 Å². The van der Waals surface area contributed by atoms with Gasteiger partial charge in [0.15, 0.2) is 0 Å². The van der Waals surface area contributed by atoms with Crippen LogP contribution in [0.5, 0.6) is 0 Å². The van der Waals surface area contributed by atoms with Crippen LogP contribution in [0.15, 0.2) is 66.7 Å². The normalized spacial score (nSPS) is 14.3. The van der Waals surface area contributed by atoms with E-state index in [9.17, 15) is 14.4 Å². The number of anilines is 1. The average molecular weight is 569 g/mol. The molecule has 1 saturated carbocycles. The van der Waals surface area contributed by atoms with Crippen LogP contribution in [-0.4, -0.2) is 29.6 Å². The first-order valence-electron chi connectivity index (χ1n) is 13.0. The zero-order valence-electron chi connectivity index (χ0n) is 21.4. The number of amides is 3. The maximum Gasteiger partial charge on any atom is 0.319 e. The number of aliphatic carboxylic acids is 1. The van der Waals surface area contributed by atoms with E-state index in [0.717, 1.165) is 11.1 Å². The van der Waals surface area contributed by atoms with Crippen molar-refractivity contribution in [3.8, 4) is 0 Å². The van der Waals surface area contributed by atoms with Gasteiger partial charge in [0.25, 0.3) is 5.91 Å². The lowest BCUT2D eigenvalue weighted by molar-refractivity contribution is -0.136. The molecule has 9 heteroatoms. The smallest absolute Gasteiger partial charge is 0.319 e. The summed E-state index contributed by atoms with van der Waals surface area (Å²) >= 11 is 12.2. The number of carbonyl (C=O) groups excluding carboxylic acids is 2. The van der Waals surface area contributed by atoms with E-state index in [-0.39, 0.29) is 18.9 Å². The molecule has 0 saturated heterocycles. The molecular weight excluding hydrogens is 537 g/mol. The van der Waals surface area contributed by atoms with Crippen LogP contribution in [0.1, 0.15) is 77.5 Å². The van der Waals surface area contributed by atoms with Crippen molar-refractivity contribution in [2.24, 2.45) is 0 Å². The summed E-state index contributed by atoms with van der Waals surface area (Å²) in [6, 6.07) is 19.1. The van der Waals surface area contributed by atoms with E-state index in [1.807, 2.05) is 12.1 Å². The molecule has 0 bridgehead atoms. The van der Waals surface area contributed by atoms with Crippen LogP contribution in [0.25, 0.3) is 0 Å². The monoisotopic (exact) mass is 567 g/mol. The minimum atomic E-state index is -0.979. The van der Waals surface area contributed by atoms with Crippen LogP contribution in [-0.2, 0) is 4.79 Å². The molecule has 3 amide bonds. The Morgan fingerprint density at radius 1 is 0.846 bits per heavy atom. The number of carboxylic acid groups (broad SMARTS) is 1. The Morgan fingerprint density at radius 3 is 2.03 bits per heavy atom. The van der Waals surface area contributed by atoms with Crippen LogP contribution >= 0.6 is 23.2 Å². The van der Waals surface area contributed by atoms with Crippen LogP contribution in [0, 0.1) is 0 Å². The van der Waals surface area contributed by atoms with Gasteiger partial charge in [0, 0.05) is 27.8 Å². The van der Waals surface area contributed by atoms with Crippen molar-refractivity contribution in [2.75, 3.05) is 11.9 Å². The molecule has 0 heterocycles. The van der Waals surface area contributed by atoms with Crippen LogP contribution in [0.2, 0.25) is 10.0 Å². The van der Waals surface area contributed by atoms with Gasteiger partial charge in [-0.05, 0) is 65.8 Å². The minimum absolute atomic E-state index is 0.0428. The van der Waals surface area contributed by atoms with Gasteiger partial charge < -0.3 is 21.1 Å². The first kappa shape index (κ1) is 28.5. The zero-order valence-corrected chi connectivity index (χ0v) is 22.9. The second-order valence-corrected chi connectivity index (χ2v) is 10.6. The summed E-state index contributed by atoms with van der Waals surface area (Å²) in [6.45, 7) is 0.0428. The quantitative estimate of drug-likeness (QED) is 0.220. The SMILES string of the molecule is O=C(O)CCNC(=O)c1ccc(C(NC(=O)Nc2cc(Cl)cc(Cl)c2)c2ccc(C3CCCCC3)cc2)cc1. The third-order valence-corrected chi connectivity index (χ3v) is 7.31. The van der Waals surface area contributed by atoms with E-state index in [2.05, 4.69) is 28.1 Å². The van der Waals surface area contributed by atoms with Gasteiger partial charge in [-0.25, -0.2) is 4.79 Å². The van der Waals surface area contributed by atoms with Gasteiger partial charge in [-0.15, -0.1) is 0 Å². The van der Waals surface area contributed by atoms with E-state index >= 15 is 0 Å². The fraction of sp³-hybridized carbons (Fsp3) is 0.300. The fourth-order valence-electron chi connectivity index (χ4n) is 4.89. The third-order valence-electron chi connectivity index (χ3n) is 6.87. The lowest BCUT2D eigenvalue weighted by Crippen LogP contribution is -2.33. The molecule has 3 aromatic rings. The molecule has 1 atom stereocenters. The van der Waals surface area contributed by atoms with E-state index in [0.29, 0.717) is 27.2 Å². The van der Waals surface area contributed by atoms with Crippen LogP contribution in [0.4, 0.5) is 10.5 Å². The third kappa shape index (κ3) is 8.22. The standard InChI is InChI=1S/C30H31Cl2N3O4/c31-24-16-25(32)18-26(17-24)34-30(39)35-28(21-8-6-20(7-9-21)19-4-2-1-3-5-19)22-10-12-23(13-11-22)29(38)33-15-14-27(36)37/h6-13,16-19,28H,1-5,14-15H2,(H,33,38)(H,36,37)(H2,34,35,39). The number of urea groups is 1. The lowest BCUT2D eigenvalue weighted by atomic mass is 9.83. The van der Waals surface area contributed by atoms with Crippen molar-refractivity contribution in [1.82, 2.24) is 10.6 Å². The van der Waals surface area contributed by atoms with Gasteiger partial charge in [-0.2, -0.15) is 0 Å². The van der Waals surface area contributed by atoms with Gasteiger partial charge in [-0.3, -0.25) is 9.59 Å². The maximum atomic E-state index is 13.0. The number of halogens is 2. The van der Waals surface area contributed by atoms with E-state index in [1.165, 1.54) is 37.7 Å². The molecule has 0 radical (unpaired) electrons. The lowest BCUT2D eigenvalue weighted by Gasteiger charge is -2.24. The van der Waals surface area contributed by atoms with Crippen molar-refractivity contribution in [1.29, 1.82) is 0 Å². The van der Waals surface area contributed by atoms with Crippen molar-refractivity contribution in [3.05, 3.63) is 99.0 Å². The van der Waals surface area contributed by atoms with Crippen molar-refractivity contribution < 1.29 is 19.5 Å². The first-order valence-corrected chi connectivity index (χ1v) is 13.8. The minimum Gasteiger partial charge on any atom is -0.481 e. The molecule has 7 nitrogen and oxygen atoms in total. The first-order chi connectivity index (χ1) is 18.8. The number of rotatable bonds is 9. The van der Waals surface area contributed by atoms with Gasteiger partial charge >= 0.3 is 12.0 Å². The number of nitrogens with one attached hydrogen (secondary N) is 3. The summed E-state index contributed by atoms with van der Waals surface area (Å²) < 4.78 is 0. The second-order valence-electron chi connectivity index (χ2n) is 9.71. The summed E-state index contributed by atoms with van der Waals surface area (Å²) in [4.78, 5) is 36.1. The Hall–Kier alpha value is -3.55. The molecule has 1 aliphatic rings. The highest BCUT2D eigenvalue weighted by Gasteiger charge is 2.20.